The Labute approximate surface area is 127 Å². The van der Waals surface area contributed by atoms with Crippen molar-refractivity contribution in [1.82, 2.24) is 4.90 Å². The minimum atomic E-state index is -0.535. The van der Waals surface area contributed by atoms with Crippen LogP contribution in [-0.4, -0.2) is 35.8 Å². The van der Waals surface area contributed by atoms with Gasteiger partial charge in [0.15, 0.2) is 0 Å². The zero-order valence-corrected chi connectivity index (χ0v) is 13.9. The van der Waals surface area contributed by atoms with Crippen LogP contribution in [0.3, 0.4) is 0 Å². The second-order valence-electron chi connectivity index (χ2n) is 6.76. The Bertz CT molecular complexity index is 428. The Morgan fingerprint density at radius 2 is 1.86 bits per heavy atom. The molecule has 0 aliphatic carbocycles. The molecule has 0 aromatic heterocycles. The number of rotatable bonds is 6. The topological polar surface area (TPSA) is 63.7 Å². The molecule has 1 heterocycles. The van der Waals surface area contributed by atoms with Crippen LogP contribution in [0.5, 0.6) is 0 Å². The van der Waals surface area contributed by atoms with Crippen LogP contribution < -0.4 is 0 Å². The molecule has 0 aromatic rings. The Hall–Kier alpha value is -1.39. The first kappa shape index (κ1) is 17.7. The van der Waals surface area contributed by atoms with Crippen molar-refractivity contribution in [2.24, 2.45) is 23.2 Å². The molecule has 0 saturated carbocycles. The fourth-order valence-electron chi connectivity index (χ4n) is 2.55. The Balaban J connectivity index is 2.59. The normalized spacial score (nSPS) is 23.1. The van der Waals surface area contributed by atoms with E-state index >= 15 is 0 Å². The van der Waals surface area contributed by atoms with E-state index < -0.39 is 5.41 Å². The van der Waals surface area contributed by atoms with Crippen LogP contribution in [0, 0.1) is 23.2 Å². The van der Waals surface area contributed by atoms with E-state index in [4.69, 9.17) is 4.74 Å². The van der Waals surface area contributed by atoms with Gasteiger partial charge in [-0.1, -0.05) is 27.7 Å². The average molecular weight is 297 g/mol. The summed E-state index contributed by atoms with van der Waals surface area (Å²) >= 11 is 0. The zero-order valence-electron chi connectivity index (χ0n) is 13.9. The van der Waals surface area contributed by atoms with Gasteiger partial charge in [-0.2, -0.15) is 0 Å². The molecule has 5 nitrogen and oxygen atoms in total. The van der Waals surface area contributed by atoms with E-state index in [0.717, 1.165) is 0 Å². The zero-order chi connectivity index (χ0) is 16.4. The van der Waals surface area contributed by atoms with Crippen LogP contribution in [-0.2, 0) is 19.1 Å². The number of hydrogen-bond donors (Lipinski definition) is 0. The molecule has 5 heteroatoms. The Morgan fingerprint density at radius 1 is 1.29 bits per heavy atom. The van der Waals surface area contributed by atoms with E-state index in [1.54, 1.807) is 6.92 Å². The summed E-state index contributed by atoms with van der Waals surface area (Å²) in [7, 11) is 0. The van der Waals surface area contributed by atoms with Crippen LogP contribution in [0.25, 0.3) is 0 Å². The Morgan fingerprint density at radius 3 is 2.29 bits per heavy atom. The van der Waals surface area contributed by atoms with Gasteiger partial charge in [0.2, 0.25) is 11.8 Å². The third-order valence-corrected chi connectivity index (χ3v) is 4.45. The summed E-state index contributed by atoms with van der Waals surface area (Å²) in [4.78, 5) is 37.5. The lowest BCUT2D eigenvalue weighted by Gasteiger charge is -2.21. The Kier molecular flexibility index (Phi) is 5.54. The van der Waals surface area contributed by atoms with E-state index in [1.807, 2.05) is 34.6 Å². The van der Waals surface area contributed by atoms with Gasteiger partial charge < -0.3 is 4.74 Å². The molecule has 0 aromatic carbocycles. The maximum Gasteiger partial charge on any atom is 0.311 e. The van der Waals surface area contributed by atoms with Gasteiger partial charge >= 0.3 is 5.97 Å². The summed E-state index contributed by atoms with van der Waals surface area (Å²) in [5, 5.41) is 0. The molecule has 120 valence electrons. The molecule has 2 unspecified atom stereocenters. The van der Waals surface area contributed by atoms with E-state index in [9.17, 15) is 14.4 Å². The van der Waals surface area contributed by atoms with E-state index in [1.165, 1.54) is 4.90 Å². The molecular formula is C16H27NO4. The average Bonchev–Trinajstić information content (AvgIpc) is 2.61. The third-order valence-electron chi connectivity index (χ3n) is 4.45. The number of nitrogens with zero attached hydrogens (tertiary/aromatic N) is 1. The van der Waals surface area contributed by atoms with Gasteiger partial charge in [0.05, 0.1) is 17.9 Å². The molecule has 1 aliphatic rings. The van der Waals surface area contributed by atoms with Crippen LogP contribution in [0.2, 0.25) is 0 Å². The van der Waals surface area contributed by atoms with Gasteiger partial charge in [-0.25, -0.2) is 0 Å². The van der Waals surface area contributed by atoms with E-state index in [-0.39, 0.29) is 48.7 Å². The van der Waals surface area contributed by atoms with Crippen molar-refractivity contribution in [2.75, 3.05) is 13.2 Å². The van der Waals surface area contributed by atoms with Crippen molar-refractivity contribution in [3.05, 3.63) is 0 Å². The highest BCUT2D eigenvalue weighted by atomic mass is 16.5. The summed E-state index contributed by atoms with van der Waals surface area (Å²) in [5.41, 5.74) is -0.535. The molecule has 21 heavy (non-hydrogen) atoms. The second kappa shape index (κ2) is 6.58. The number of likely N-dealkylation sites (tertiary alicyclic amines) is 1. The predicted molar refractivity (Wildman–Crippen MR) is 79.2 cm³/mol. The molecule has 0 bridgehead atoms. The number of hydrogen-bond acceptors (Lipinski definition) is 4. The van der Waals surface area contributed by atoms with Crippen LogP contribution in [0.15, 0.2) is 0 Å². The number of esters is 1. The lowest BCUT2D eigenvalue weighted by Crippen LogP contribution is -2.36. The predicted octanol–water partition coefficient (Wildman–Crippen LogP) is 2.24. The molecule has 1 fully saturated rings. The quantitative estimate of drug-likeness (QED) is 0.557. The molecule has 1 aliphatic heterocycles. The monoisotopic (exact) mass is 297 g/mol. The lowest BCUT2D eigenvalue weighted by atomic mass is 9.87. The first-order valence-corrected chi connectivity index (χ1v) is 7.66. The molecule has 2 atom stereocenters. The first-order chi connectivity index (χ1) is 9.63. The summed E-state index contributed by atoms with van der Waals surface area (Å²) in [5.74, 6) is -1.03. The summed E-state index contributed by atoms with van der Waals surface area (Å²) in [6.07, 6.45) is 0.680. The van der Waals surface area contributed by atoms with Crippen molar-refractivity contribution in [1.29, 1.82) is 0 Å². The van der Waals surface area contributed by atoms with E-state index in [0.29, 0.717) is 6.42 Å². The van der Waals surface area contributed by atoms with Crippen molar-refractivity contribution in [3.63, 3.8) is 0 Å². The first-order valence-electron chi connectivity index (χ1n) is 7.66. The molecular weight excluding hydrogens is 270 g/mol. The van der Waals surface area contributed by atoms with Crippen molar-refractivity contribution < 1.29 is 19.1 Å². The molecule has 1 saturated heterocycles. The number of carbonyl (C=O) groups excluding carboxylic acids is 3. The fraction of sp³-hybridized carbons (Fsp3) is 0.812. The number of ether oxygens (including phenoxy) is 1. The van der Waals surface area contributed by atoms with Crippen molar-refractivity contribution in [3.8, 4) is 0 Å². The minimum Gasteiger partial charge on any atom is -0.463 e. The van der Waals surface area contributed by atoms with E-state index in [2.05, 4.69) is 0 Å². The fourth-order valence-corrected chi connectivity index (χ4v) is 2.55. The number of amides is 2. The van der Waals surface area contributed by atoms with Gasteiger partial charge in [-0.3, -0.25) is 19.3 Å². The van der Waals surface area contributed by atoms with Gasteiger partial charge in [-0.05, 0) is 26.2 Å². The largest absolute Gasteiger partial charge is 0.463 e. The molecule has 0 radical (unpaired) electrons. The molecule has 2 amide bonds. The van der Waals surface area contributed by atoms with Gasteiger partial charge in [0.1, 0.15) is 6.61 Å². The highest BCUT2D eigenvalue weighted by Gasteiger charge is 2.46. The van der Waals surface area contributed by atoms with Crippen LogP contribution in [0.4, 0.5) is 0 Å². The van der Waals surface area contributed by atoms with Crippen molar-refractivity contribution in [2.45, 2.75) is 48.0 Å². The summed E-state index contributed by atoms with van der Waals surface area (Å²) in [6, 6.07) is 0. The maximum atomic E-state index is 12.3. The second-order valence-corrected chi connectivity index (χ2v) is 6.76. The SMILES string of the molecule is CCC(C)(C)C(=O)OCCN1C(=O)C(C)C(C(C)C)C1=O. The van der Waals surface area contributed by atoms with Gasteiger partial charge in [-0.15, -0.1) is 0 Å². The highest BCUT2D eigenvalue weighted by molar-refractivity contribution is 6.05. The minimum absolute atomic E-state index is 0.0667. The standard InChI is InChI=1S/C16H27NO4/c1-7-16(5,6)15(20)21-9-8-17-13(18)11(4)12(10(2)3)14(17)19/h10-12H,7-9H2,1-6H3. The summed E-state index contributed by atoms with van der Waals surface area (Å²) < 4.78 is 5.20. The highest BCUT2D eigenvalue weighted by Crippen LogP contribution is 2.31. The van der Waals surface area contributed by atoms with Gasteiger partial charge in [0.25, 0.3) is 0 Å². The number of imide groups is 1. The molecule has 0 spiro atoms. The molecule has 0 N–H and O–H groups in total. The number of carbonyl (C=O) groups is 3. The third kappa shape index (κ3) is 3.63. The van der Waals surface area contributed by atoms with Crippen LogP contribution in [0.1, 0.15) is 48.0 Å². The van der Waals surface area contributed by atoms with Gasteiger partial charge in [0, 0.05) is 5.92 Å². The lowest BCUT2D eigenvalue weighted by molar-refractivity contribution is -0.156. The smallest absolute Gasteiger partial charge is 0.311 e. The van der Waals surface area contributed by atoms with Crippen LogP contribution >= 0.6 is 0 Å². The van der Waals surface area contributed by atoms with Crippen molar-refractivity contribution >= 4 is 17.8 Å². The molecule has 1 rings (SSSR count). The summed E-state index contributed by atoms with van der Waals surface area (Å²) in [6.45, 7) is 11.4. The maximum absolute atomic E-state index is 12.3.